The molecule has 0 aliphatic rings. The predicted molar refractivity (Wildman–Crippen MR) is 74.1 cm³/mol. The molecule has 0 bridgehead atoms. The van der Waals surface area contributed by atoms with E-state index in [1.807, 2.05) is 20.9 Å². The van der Waals surface area contributed by atoms with Crippen LogP contribution in [0.5, 0.6) is 0 Å². The minimum Gasteiger partial charge on any atom is -0.338 e. The molecule has 0 saturated heterocycles. The first-order valence-electron chi connectivity index (χ1n) is 5.56. The van der Waals surface area contributed by atoms with Crippen molar-refractivity contribution in [3.05, 3.63) is 41.5 Å². The molecule has 1 aromatic rings. The van der Waals surface area contributed by atoms with Gasteiger partial charge in [0.2, 0.25) is 5.91 Å². The Hall–Kier alpha value is -1.22. The highest BCUT2D eigenvalue weighted by atomic mass is 32.2. The molecule has 92 valence electrons. The van der Waals surface area contributed by atoms with Gasteiger partial charge in [0.05, 0.1) is 0 Å². The molecule has 0 aliphatic carbocycles. The van der Waals surface area contributed by atoms with Crippen molar-refractivity contribution >= 4 is 17.7 Å². The summed E-state index contributed by atoms with van der Waals surface area (Å²) in [6.45, 7) is 4.51. The number of amides is 1. The molecule has 0 N–H and O–H groups in total. The van der Waals surface area contributed by atoms with Crippen LogP contribution in [0, 0.1) is 0 Å². The van der Waals surface area contributed by atoms with Crippen LogP contribution in [0.25, 0.3) is 0 Å². The summed E-state index contributed by atoms with van der Waals surface area (Å²) in [6, 6.07) is 8.30. The number of rotatable bonds is 4. The Balaban J connectivity index is 2.64. The van der Waals surface area contributed by atoms with Gasteiger partial charge in [-0.25, -0.2) is 0 Å². The standard InChI is InChI=1S/C14H19NOS/c1-11(2)9-14(16)15(3)10-12-5-7-13(17-4)8-6-12/h5-9H,10H2,1-4H3. The molecule has 0 atom stereocenters. The van der Waals surface area contributed by atoms with Gasteiger partial charge < -0.3 is 4.90 Å². The lowest BCUT2D eigenvalue weighted by molar-refractivity contribution is -0.125. The number of allylic oxidation sites excluding steroid dienone is 1. The molecular weight excluding hydrogens is 230 g/mol. The van der Waals surface area contributed by atoms with Gasteiger partial charge in [-0.05, 0) is 37.8 Å². The molecule has 3 heteroatoms. The summed E-state index contributed by atoms with van der Waals surface area (Å²) in [4.78, 5) is 14.7. The van der Waals surface area contributed by atoms with Crippen LogP contribution < -0.4 is 0 Å². The van der Waals surface area contributed by atoms with Crippen molar-refractivity contribution in [1.82, 2.24) is 4.90 Å². The fourth-order valence-electron chi connectivity index (χ4n) is 1.44. The largest absolute Gasteiger partial charge is 0.338 e. The fourth-order valence-corrected chi connectivity index (χ4v) is 1.85. The van der Waals surface area contributed by atoms with Crippen LogP contribution in [0.15, 0.2) is 40.8 Å². The van der Waals surface area contributed by atoms with Crippen LogP contribution in [0.1, 0.15) is 19.4 Å². The Morgan fingerprint density at radius 1 is 1.29 bits per heavy atom. The van der Waals surface area contributed by atoms with Crippen LogP contribution in [-0.2, 0) is 11.3 Å². The molecule has 1 aromatic carbocycles. The van der Waals surface area contributed by atoms with Crippen molar-refractivity contribution in [2.75, 3.05) is 13.3 Å². The van der Waals surface area contributed by atoms with E-state index in [1.54, 1.807) is 22.7 Å². The number of likely N-dealkylation sites (N-methyl/N-ethyl adjacent to an activating group) is 1. The molecule has 0 radical (unpaired) electrons. The topological polar surface area (TPSA) is 20.3 Å². The molecule has 0 fully saturated rings. The second-order valence-corrected chi connectivity index (χ2v) is 5.14. The molecule has 17 heavy (non-hydrogen) atoms. The quantitative estimate of drug-likeness (QED) is 0.602. The van der Waals surface area contributed by atoms with Crippen molar-refractivity contribution in [3.63, 3.8) is 0 Å². The lowest BCUT2D eigenvalue weighted by Gasteiger charge is -2.15. The minimum absolute atomic E-state index is 0.0546. The number of carbonyl (C=O) groups is 1. The van der Waals surface area contributed by atoms with E-state index in [9.17, 15) is 4.79 Å². The zero-order chi connectivity index (χ0) is 12.8. The van der Waals surface area contributed by atoms with Crippen LogP contribution in [0.2, 0.25) is 0 Å². The van der Waals surface area contributed by atoms with E-state index in [4.69, 9.17) is 0 Å². The first-order chi connectivity index (χ1) is 8.02. The van der Waals surface area contributed by atoms with Gasteiger partial charge in [-0.1, -0.05) is 17.7 Å². The van der Waals surface area contributed by atoms with Gasteiger partial charge in [-0.2, -0.15) is 0 Å². The van der Waals surface area contributed by atoms with E-state index in [0.717, 1.165) is 11.1 Å². The van der Waals surface area contributed by atoms with E-state index in [-0.39, 0.29) is 5.91 Å². The number of benzene rings is 1. The SMILES string of the molecule is CSc1ccc(CN(C)C(=O)C=C(C)C)cc1. The highest BCUT2D eigenvalue weighted by Gasteiger charge is 2.05. The molecular formula is C14H19NOS. The van der Waals surface area contributed by atoms with E-state index >= 15 is 0 Å². The molecule has 2 nitrogen and oxygen atoms in total. The number of hydrogen-bond acceptors (Lipinski definition) is 2. The normalized spacial score (nSPS) is 9.88. The van der Waals surface area contributed by atoms with Gasteiger partial charge in [0, 0.05) is 24.6 Å². The molecule has 0 heterocycles. The van der Waals surface area contributed by atoms with Gasteiger partial charge in [0.15, 0.2) is 0 Å². The summed E-state index contributed by atoms with van der Waals surface area (Å²) in [7, 11) is 1.82. The highest BCUT2D eigenvalue weighted by molar-refractivity contribution is 7.98. The van der Waals surface area contributed by atoms with Crippen molar-refractivity contribution in [3.8, 4) is 0 Å². The highest BCUT2D eigenvalue weighted by Crippen LogP contribution is 2.15. The number of nitrogens with zero attached hydrogens (tertiary/aromatic N) is 1. The van der Waals surface area contributed by atoms with Gasteiger partial charge in [0.1, 0.15) is 0 Å². The maximum atomic E-state index is 11.7. The van der Waals surface area contributed by atoms with Crippen molar-refractivity contribution in [2.45, 2.75) is 25.3 Å². The van der Waals surface area contributed by atoms with Gasteiger partial charge >= 0.3 is 0 Å². The lowest BCUT2D eigenvalue weighted by Crippen LogP contribution is -2.24. The molecule has 0 unspecified atom stereocenters. The molecule has 0 aromatic heterocycles. The van der Waals surface area contributed by atoms with Gasteiger partial charge in [-0.3, -0.25) is 4.79 Å². The third kappa shape index (κ3) is 4.65. The average Bonchev–Trinajstić information content (AvgIpc) is 2.29. The van der Waals surface area contributed by atoms with Gasteiger partial charge in [0.25, 0.3) is 0 Å². The summed E-state index contributed by atoms with van der Waals surface area (Å²) >= 11 is 1.72. The Morgan fingerprint density at radius 3 is 2.35 bits per heavy atom. The molecule has 0 spiro atoms. The molecule has 0 saturated carbocycles. The lowest BCUT2D eigenvalue weighted by atomic mass is 10.2. The zero-order valence-electron chi connectivity index (χ0n) is 10.9. The minimum atomic E-state index is 0.0546. The first kappa shape index (κ1) is 13.8. The van der Waals surface area contributed by atoms with Crippen LogP contribution in [-0.4, -0.2) is 24.1 Å². The van der Waals surface area contributed by atoms with Crippen LogP contribution >= 0.6 is 11.8 Å². The zero-order valence-corrected chi connectivity index (χ0v) is 11.7. The fraction of sp³-hybridized carbons (Fsp3) is 0.357. The summed E-state index contributed by atoms with van der Waals surface area (Å²) < 4.78 is 0. The van der Waals surface area contributed by atoms with Crippen LogP contribution in [0.4, 0.5) is 0 Å². The molecule has 1 amide bonds. The van der Waals surface area contributed by atoms with Crippen molar-refractivity contribution in [1.29, 1.82) is 0 Å². The predicted octanol–water partition coefficient (Wildman–Crippen LogP) is 3.33. The van der Waals surface area contributed by atoms with Crippen molar-refractivity contribution < 1.29 is 4.79 Å². The summed E-state index contributed by atoms with van der Waals surface area (Å²) in [6.07, 6.45) is 3.72. The monoisotopic (exact) mass is 249 g/mol. The molecule has 1 rings (SSSR count). The summed E-state index contributed by atoms with van der Waals surface area (Å²) in [5.41, 5.74) is 2.18. The number of hydrogen-bond donors (Lipinski definition) is 0. The van der Waals surface area contributed by atoms with Crippen molar-refractivity contribution in [2.24, 2.45) is 0 Å². The third-order valence-electron chi connectivity index (χ3n) is 2.37. The Kier molecular flexibility index (Phi) is 5.29. The smallest absolute Gasteiger partial charge is 0.246 e. The maximum Gasteiger partial charge on any atom is 0.246 e. The Labute approximate surface area is 108 Å². The second-order valence-electron chi connectivity index (χ2n) is 4.26. The second kappa shape index (κ2) is 6.50. The van der Waals surface area contributed by atoms with E-state index < -0.39 is 0 Å². The Morgan fingerprint density at radius 2 is 1.88 bits per heavy atom. The van der Waals surface area contributed by atoms with Crippen LogP contribution in [0.3, 0.4) is 0 Å². The van der Waals surface area contributed by atoms with Gasteiger partial charge in [-0.15, -0.1) is 11.8 Å². The average molecular weight is 249 g/mol. The number of thioether (sulfide) groups is 1. The van der Waals surface area contributed by atoms with E-state index in [1.165, 1.54) is 4.90 Å². The van der Waals surface area contributed by atoms with E-state index in [0.29, 0.717) is 6.54 Å². The third-order valence-corrected chi connectivity index (χ3v) is 3.11. The summed E-state index contributed by atoms with van der Waals surface area (Å²) in [5.74, 6) is 0.0546. The van der Waals surface area contributed by atoms with E-state index in [2.05, 4.69) is 30.5 Å². The summed E-state index contributed by atoms with van der Waals surface area (Å²) in [5, 5.41) is 0. The molecule has 0 aliphatic heterocycles. The Bertz CT molecular complexity index is 405. The number of carbonyl (C=O) groups excluding carboxylic acids is 1. The first-order valence-corrected chi connectivity index (χ1v) is 6.78. The maximum absolute atomic E-state index is 11.7.